The van der Waals surface area contributed by atoms with Crippen LogP contribution in [0.5, 0.6) is 0 Å². The van der Waals surface area contributed by atoms with Crippen LogP contribution in [0.2, 0.25) is 0 Å². The van der Waals surface area contributed by atoms with Crippen molar-refractivity contribution in [3.8, 4) is 0 Å². The molecule has 1 aliphatic rings. The van der Waals surface area contributed by atoms with Crippen LogP contribution < -0.4 is 0 Å². The third-order valence-corrected chi connectivity index (χ3v) is 3.52. The van der Waals surface area contributed by atoms with Gasteiger partial charge in [0.1, 0.15) is 0 Å². The summed E-state index contributed by atoms with van der Waals surface area (Å²) in [5.74, 6) is 0.874. The summed E-state index contributed by atoms with van der Waals surface area (Å²) in [6, 6.07) is 14.2. The van der Waals surface area contributed by atoms with E-state index in [1.807, 2.05) is 18.2 Å². The second-order valence-corrected chi connectivity index (χ2v) is 4.64. The van der Waals surface area contributed by atoms with E-state index >= 15 is 0 Å². The Balaban J connectivity index is 1.73. The third kappa shape index (κ3) is 2.08. The van der Waals surface area contributed by atoms with Crippen molar-refractivity contribution < 1.29 is 5.11 Å². The minimum atomic E-state index is -0.358. The minimum absolute atomic E-state index is 0.358. The number of hydrogen-bond donors (Lipinski definition) is 1. The Morgan fingerprint density at radius 2 is 1.76 bits per heavy atom. The van der Waals surface area contributed by atoms with E-state index in [4.69, 9.17) is 0 Å². The average Bonchev–Trinajstić information content (AvgIpc) is 3.20. The molecule has 0 amide bonds. The van der Waals surface area contributed by atoms with Gasteiger partial charge in [-0.05, 0) is 41.5 Å². The summed E-state index contributed by atoms with van der Waals surface area (Å²) in [4.78, 5) is 3.97. The van der Waals surface area contributed by atoms with E-state index in [1.54, 1.807) is 12.4 Å². The van der Waals surface area contributed by atoms with Gasteiger partial charge in [-0.15, -0.1) is 0 Å². The number of aromatic nitrogens is 1. The number of aliphatic hydroxyl groups is 1. The molecule has 0 bridgehead atoms. The van der Waals surface area contributed by atoms with Crippen LogP contribution in [0.3, 0.4) is 0 Å². The summed E-state index contributed by atoms with van der Waals surface area (Å²) in [5, 5.41) is 10.3. The molecule has 2 heteroatoms. The Morgan fingerprint density at radius 1 is 1.06 bits per heavy atom. The molecule has 0 aliphatic heterocycles. The molecular weight excluding hydrogens is 210 g/mol. The van der Waals surface area contributed by atoms with Crippen molar-refractivity contribution in [3.05, 3.63) is 66.0 Å². The van der Waals surface area contributed by atoms with Crippen molar-refractivity contribution in [1.29, 1.82) is 0 Å². The monoisotopic (exact) mass is 225 g/mol. The lowest BCUT2D eigenvalue weighted by atomic mass is 10.0. The molecule has 2 nitrogen and oxygen atoms in total. The highest BCUT2D eigenvalue weighted by Crippen LogP contribution is 2.53. The first-order valence-electron chi connectivity index (χ1n) is 5.99. The van der Waals surface area contributed by atoms with Gasteiger partial charge >= 0.3 is 0 Å². The van der Waals surface area contributed by atoms with E-state index in [0.717, 1.165) is 12.0 Å². The first kappa shape index (κ1) is 10.5. The fourth-order valence-corrected chi connectivity index (χ4v) is 2.45. The second-order valence-electron chi connectivity index (χ2n) is 4.64. The molecule has 1 saturated carbocycles. The van der Waals surface area contributed by atoms with Crippen molar-refractivity contribution in [2.75, 3.05) is 0 Å². The van der Waals surface area contributed by atoms with Gasteiger partial charge in [0, 0.05) is 12.4 Å². The van der Waals surface area contributed by atoms with E-state index < -0.39 is 0 Å². The zero-order valence-corrected chi connectivity index (χ0v) is 9.53. The van der Waals surface area contributed by atoms with Crippen LogP contribution >= 0.6 is 0 Å². The van der Waals surface area contributed by atoms with Crippen LogP contribution in [-0.4, -0.2) is 10.1 Å². The largest absolute Gasteiger partial charge is 0.388 e. The molecule has 3 rings (SSSR count). The van der Waals surface area contributed by atoms with Crippen LogP contribution in [0.4, 0.5) is 0 Å². The molecule has 86 valence electrons. The summed E-state index contributed by atoms with van der Waals surface area (Å²) in [5.41, 5.74) is 2.31. The van der Waals surface area contributed by atoms with Crippen LogP contribution in [0, 0.1) is 5.92 Å². The summed E-state index contributed by atoms with van der Waals surface area (Å²) < 4.78 is 0. The summed E-state index contributed by atoms with van der Waals surface area (Å²) >= 11 is 0. The smallest absolute Gasteiger partial charge is 0.0825 e. The molecule has 3 atom stereocenters. The molecule has 0 saturated heterocycles. The topological polar surface area (TPSA) is 33.1 Å². The van der Waals surface area contributed by atoms with Gasteiger partial charge in [-0.25, -0.2) is 0 Å². The lowest BCUT2D eigenvalue weighted by Crippen LogP contribution is -2.01. The standard InChI is InChI=1S/C15H15NO/c17-15(12-6-8-16-9-7-12)14-10-13(14)11-4-2-1-3-5-11/h1-9,13-15,17H,10H2. The van der Waals surface area contributed by atoms with Crippen molar-refractivity contribution in [1.82, 2.24) is 4.98 Å². The Kier molecular flexibility index (Phi) is 2.65. The predicted molar refractivity (Wildman–Crippen MR) is 66.5 cm³/mol. The third-order valence-electron chi connectivity index (χ3n) is 3.52. The number of nitrogens with zero attached hydrogens (tertiary/aromatic N) is 1. The summed E-state index contributed by atoms with van der Waals surface area (Å²) in [6.07, 6.45) is 4.19. The SMILES string of the molecule is OC(c1ccncc1)C1CC1c1ccccc1. The molecule has 1 N–H and O–H groups in total. The highest BCUT2D eigenvalue weighted by Gasteiger charge is 2.43. The van der Waals surface area contributed by atoms with Crippen molar-refractivity contribution in [3.63, 3.8) is 0 Å². The zero-order chi connectivity index (χ0) is 11.7. The molecule has 17 heavy (non-hydrogen) atoms. The van der Waals surface area contributed by atoms with E-state index in [2.05, 4.69) is 29.2 Å². The number of hydrogen-bond acceptors (Lipinski definition) is 2. The predicted octanol–water partition coefficient (Wildman–Crippen LogP) is 2.92. The average molecular weight is 225 g/mol. The van der Waals surface area contributed by atoms with Gasteiger partial charge in [-0.3, -0.25) is 4.98 Å². The molecule has 1 aliphatic carbocycles. The molecule has 0 spiro atoms. The Bertz CT molecular complexity index is 483. The van der Waals surface area contributed by atoms with Gasteiger partial charge in [-0.2, -0.15) is 0 Å². The van der Waals surface area contributed by atoms with Crippen LogP contribution in [0.25, 0.3) is 0 Å². The van der Waals surface area contributed by atoms with Gasteiger partial charge in [0.2, 0.25) is 0 Å². The van der Waals surface area contributed by atoms with Crippen molar-refractivity contribution >= 4 is 0 Å². The minimum Gasteiger partial charge on any atom is -0.388 e. The fraction of sp³-hybridized carbons (Fsp3) is 0.267. The molecule has 1 aromatic carbocycles. The van der Waals surface area contributed by atoms with E-state index in [-0.39, 0.29) is 6.10 Å². The van der Waals surface area contributed by atoms with Crippen LogP contribution in [0.1, 0.15) is 29.6 Å². The van der Waals surface area contributed by atoms with Crippen LogP contribution in [0.15, 0.2) is 54.9 Å². The summed E-state index contributed by atoms with van der Waals surface area (Å²) in [7, 11) is 0. The number of aliphatic hydroxyl groups excluding tert-OH is 1. The van der Waals surface area contributed by atoms with Crippen molar-refractivity contribution in [2.45, 2.75) is 18.4 Å². The van der Waals surface area contributed by atoms with Gasteiger partial charge in [-0.1, -0.05) is 30.3 Å². The summed E-state index contributed by atoms with van der Waals surface area (Å²) in [6.45, 7) is 0. The van der Waals surface area contributed by atoms with E-state index in [9.17, 15) is 5.11 Å². The number of pyridine rings is 1. The number of benzene rings is 1. The molecule has 2 aromatic rings. The first-order valence-corrected chi connectivity index (χ1v) is 5.99. The Morgan fingerprint density at radius 3 is 2.47 bits per heavy atom. The maximum Gasteiger partial charge on any atom is 0.0825 e. The molecule has 1 aromatic heterocycles. The van der Waals surface area contributed by atoms with Gasteiger partial charge in [0.25, 0.3) is 0 Å². The van der Waals surface area contributed by atoms with Gasteiger partial charge in [0.05, 0.1) is 6.10 Å². The maximum atomic E-state index is 10.3. The molecule has 3 unspecified atom stereocenters. The van der Waals surface area contributed by atoms with Gasteiger partial charge < -0.3 is 5.11 Å². The van der Waals surface area contributed by atoms with Crippen molar-refractivity contribution in [2.24, 2.45) is 5.92 Å². The second kappa shape index (κ2) is 4.30. The fourth-order valence-electron chi connectivity index (χ4n) is 2.45. The lowest BCUT2D eigenvalue weighted by molar-refractivity contribution is 0.151. The lowest BCUT2D eigenvalue weighted by Gasteiger charge is -2.10. The highest BCUT2D eigenvalue weighted by molar-refractivity contribution is 5.28. The Labute approximate surface area is 101 Å². The maximum absolute atomic E-state index is 10.3. The molecule has 0 radical (unpaired) electrons. The van der Waals surface area contributed by atoms with Gasteiger partial charge in [0.15, 0.2) is 0 Å². The molecule has 1 fully saturated rings. The van der Waals surface area contributed by atoms with Crippen LogP contribution in [-0.2, 0) is 0 Å². The number of rotatable bonds is 3. The highest BCUT2D eigenvalue weighted by atomic mass is 16.3. The van der Waals surface area contributed by atoms with E-state index in [1.165, 1.54) is 5.56 Å². The Hall–Kier alpha value is -1.67. The molecular formula is C15H15NO. The zero-order valence-electron chi connectivity index (χ0n) is 9.53. The first-order chi connectivity index (χ1) is 8.36. The normalized spacial score (nSPS) is 24.3. The quantitative estimate of drug-likeness (QED) is 0.871. The molecule has 1 heterocycles. The van der Waals surface area contributed by atoms with E-state index in [0.29, 0.717) is 11.8 Å².